The van der Waals surface area contributed by atoms with E-state index in [1.54, 1.807) is 0 Å². The van der Waals surface area contributed by atoms with Gasteiger partial charge in [0.1, 0.15) is 0 Å². The summed E-state index contributed by atoms with van der Waals surface area (Å²) in [5, 5.41) is 6.77. The minimum Gasteiger partial charge on any atom is -0.317 e. The molecule has 1 aliphatic carbocycles. The first-order chi connectivity index (χ1) is 8.09. The highest BCUT2D eigenvalue weighted by Gasteiger charge is 2.28. The lowest BCUT2D eigenvalue weighted by Crippen LogP contribution is -2.37. The minimum absolute atomic E-state index is 0.210. The van der Waals surface area contributed by atoms with Crippen LogP contribution in [0.25, 0.3) is 0 Å². The van der Waals surface area contributed by atoms with Crippen LogP contribution in [0.4, 0.5) is 0 Å². The summed E-state index contributed by atoms with van der Waals surface area (Å²) >= 11 is 0. The third kappa shape index (κ3) is 3.93. The van der Waals surface area contributed by atoms with E-state index in [0.29, 0.717) is 17.5 Å². The Morgan fingerprint density at radius 1 is 1.06 bits per heavy atom. The van der Waals surface area contributed by atoms with Crippen molar-refractivity contribution in [1.29, 1.82) is 0 Å². The van der Waals surface area contributed by atoms with Crippen LogP contribution in [-0.2, 0) is 9.84 Å². The van der Waals surface area contributed by atoms with E-state index < -0.39 is 9.84 Å². The molecular weight excluding hydrogens is 236 g/mol. The van der Waals surface area contributed by atoms with Gasteiger partial charge >= 0.3 is 0 Å². The standard InChI is InChI=1S/C12H24N2O2S/c1-13-11-4-2-10(3-5-11)8-14-12-6-7-17(15,16)9-12/h10-14H,2-9H2,1H3. The first kappa shape index (κ1) is 13.3. The maximum absolute atomic E-state index is 11.3. The second kappa shape index (κ2) is 5.67. The van der Waals surface area contributed by atoms with Crippen LogP contribution in [0.2, 0.25) is 0 Å². The van der Waals surface area contributed by atoms with Gasteiger partial charge in [-0.25, -0.2) is 8.42 Å². The van der Waals surface area contributed by atoms with Gasteiger partial charge in [-0.05, 0) is 51.6 Å². The van der Waals surface area contributed by atoms with E-state index in [2.05, 4.69) is 10.6 Å². The molecule has 1 heterocycles. The van der Waals surface area contributed by atoms with Crippen LogP contribution in [0.1, 0.15) is 32.1 Å². The summed E-state index contributed by atoms with van der Waals surface area (Å²) < 4.78 is 22.7. The van der Waals surface area contributed by atoms with Crippen LogP contribution in [-0.4, -0.2) is 45.6 Å². The SMILES string of the molecule is CNC1CCC(CNC2CCS(=O)(=O)C2)CC1. The van der Waals surface area contributed by atoms with Crippen LogP contribution in [0.5, 0.6) is 0 Å². The Hall–Kier alpha value is -0.130. The monoisotopic (exact) mass is 260 g/mol. The second-order valence-corrected chi connectivity index (χ2v) is 7.74. The predicted molar refractivity (Wildman–Crippen MR) is 69.9 cm³/mol. The first-order valence-electron chi connectivity index (χ1n) is 6.70. The lowest BCUT2D eigenvalue weighted by Gasteiger charge is -2.29. The lowest BCUT2D eigenvalue weighted by atomic mass is 9.86. The average molecular weight is 260 g/mol. The predicted octanol–water partition coefficient (Wildman–Crippen LogP) is 0.541. The van der Waals surface area contributed by atoms with Gasteiger partial charge in [0.25, 0.3) is 0 Å². The molecule has 0 amide bonds. The van der Waals surface area contributed by atoms with Gasteiger partial charge < -0.3 is 10.6 Å². The van der Waals surface area contributed by atoms with Crippen LogP contribution in [0.3, 0.4) is 0 Å². The Morgan fingerprint density at radius 2 is 1.76 bits per heavy atom. The average Bonchev–Trinajstić information content (AvgIpc) is 2.67. The maximum Gasteiger partial charge on any atom is 0.151 e. The molecule has 4 nitrogen and oxygen atoms in total. The Morgan fingerprint density at radius 3 is 2.29 bits per heavy atom. The summed E-state index contributed by atoms with van der Waals surface area (Å²) in [7, 11) is -0.699. The number of sulfone groups is 1. The molecule has 0 bridgehead atoms. The van der Waals surface area contributed by atoms with Gasteiger partial charge in [-0.3, -0.25) is 0 Å². The van der Waals surface area contributed by atoms with Gasteiger partial charge in [-0.1, -0.05) is 0 Å². The number of hydrogen-bond acceptors (Lipinski definition) is 4. The Balaban J connectivity index is 1.66. The van der Waals surface area contributed by atoms with Crippen molar-refractivity contribution >= 4 is 9.84 Å². The molecule has 17 heavy (non-hydrogen) atoms. The molecule has 5 heteroatoms. The smallest absolute Gasteiger partial charge is 0.151 e. The highest BCUT2D eigenvalue weighted by molar-refractivity contribution is 7.91. The van der Waals surface area contributed by atoms with E-state index in [9.17, 15) is 8.42 Å². The molecule has 0 aromatic carbocycles. The molecule has 1 atom stereocenters. The zero-order chi connectivity index (χ0) is 12.3. The van der Waals surface area contributed by atoms with E-state index in [0.717, 1.165) is 18.9 Å². The lowest BCUT2D eigenvalue weighted by molar-refractivity contribution is 0.286. The van der Waals surface area contributed by atoms with Crippen molar-refractivity contribution in [3.8, 4) is 0 Å². The molecule has 2 fully saturated rings. The molecule has 0 aromatic heterocycles. The zero-order valence-electron chi connectivity index (χ0n) is 10.6. The van der Waals surface area contributed by atoms with Gasteiger partial charge in [-0.15, -0.1) is 0 Å². The first-order valence-corrected chi connectivity index (χ1v) is 8.52. The quantitative estimate of drug-likeness (QED) is 0.775. The fourth-order valence-corrected chi connectivity index (χ4v) is 4.65. The Labute approximate surface area is 104 Å². The summed E-state index contributed by atoms with van der Waals surface area (Å²) in [6.07, 6.45) is 5.84. The third-order valence-electron chi connectivity index (χ3n) is 4.18. The largest absolute Gasteiger partial charge is 0.317 e. The normalized spacial score (nSPS) is 37.1. The molecule has 0 aromatic rings. The van der Waals surface area contributed by atoms with Crippen molar-refractivity contribution in [3.05, 3.63) is 0 Å². The topological polar surface area (TPSA) is 58.2 Å². The van der Waals surface area contributed by atoms with Crippen LogP contribution in [0, 0.1) is 5.92 Å². The van der Waals surface area contributed by atoms with Gasteiger partial charge in [0.15, 0.2) is 9.84 Å². The van der Waals surface area contributed by atoms with Gasteiger partial charge in [0, 0.05) is 12.1 Å². The second-order valence-electron chi connectivity index (χ2n) is 5.51. The highest BCUT2D eigenvalue weighted by atomic mass is 32.2. The van der Waals surface area contributed by atoms with Crippen molar-refractivity contribution in [1.82, 2.24) is 10.6 Å². The van der Waals surface area contributed by atoms with Crippen molar-refractivity contribution < 1.29 is 8.42 Å². The molecule has 1 saturated carbocycles. The summed E-state index contributed by atoms with van der Waals surface area (Å²) in [5.74, 6) is 1.46. The van der Waals surface area contributed by atoms with Gasteiger partial charge in [0.05, 0.1) is 11.5 Å². The van der Waals surface area contributed by atoms with E-state index in [4.69, 9.17) is 0 Å². The van der Waals surface area contributed by atoms with Crippen molar-refractivity contribution in [3.63, 3.8) is 0 Å². The number of hydrogen-bond donors (Lipinski definition) is 2. The molecule has 2 aliphatic rings. The van der Waals surface area contributed by atoms with Crippen LogP contribution < -0.4 is 10.6 Å². The zero-order valence-corrected chi connectivity index (χ0v) is 11.4. The maximum atomic E-state index is 11.3. The molecular formula is C12H24N2O2S. The van der Waals surface area contributed by atoms with E-state index in [-0.39, 0.29) is 6.04 Å². The van der Waals surface area contributed by atoms with E-state index in [1.807, 2.05) is 7.05 Å². The summed E-state index contributed by atoms with van der Waals surface area (Å²) in [5.41, 5.74) is 0. The number of rotatable bonds is 4. The van der Waals surface area contributed by atoms with Crippen molar-refractivity contribution in [2.75, 3.05) is 25.1 Å². The van der Waals surface area contributed by atoms with E-state index in [1.165, 1.54) is 25.7 Å². The van der Waals surface area contributed by atoms with Gasteiger partial charge in [0.2, 0.25) is 0 Å². The number of nitrogens with one attached hydrogen (secondary N) is 2. The van der Waals surface area contributed by atoms with E-state index >= 15 is 0 Å². The van der Waals surface area contributed by atoms with Crippen molar-refractivity contribution in [2.24, 2.45) is 5.92 Å². The van der Waals surface area contributed by atoms with Gasteiger partial charge in [-0.2, -0.15) is 0 Å². The Bertz CT molecular complexity index is 334. The molecule has 0 radical (unpaired) electrons. The summed E-state index contributed by atoms with van der Waals surface area (Å²) in [6.45, 7) is 0.997. The molecule has 0 spiro atoms. The van der Waals surface area contributed by atoms with Crippen molar-refractivity contribution in [2.45, 2.75) is 44.2 Å². The molecule has 2 rings (SSSR count). The van der Waals surface area contributed by atoms with Crippen LogP contribution in [0.15, 0.2) is 0 Å². The molecule has 1 aliphatic heterocycles. The highest BCUT2D eigenvalue weighted by Crippen LogP contribution is 2.24. The molecule has 1 unspecified atom stereocenters. The fraction of sp³-hybridized carbons (Fsp3) is 1.00. The molecule has 100 valence electrons. The molecule has 2 N–H and O–H groups in total. The molecule has 1 saturated heterocycles. The minimum atomic E-state index is -2.73. The summed E-state index contributed by atoms with van der Waals surface area (Å²) in [6, 6.07) is 0.903. The Kier molecular flexibility index (Phi) is 4.44. The fourth-order valence-electron chi connectivity index (χ4n) is 2.94. The van der Waals surface area contributed by atoms with Crippen LogP contribution >= 0.6 is 0 Å². The summed E-state index contributed by atoms with van der Waals surface area (Å²) in [4.78, 5) is 0. The third-order valence-corrected chi connectivity index (χ3v) is 5.95.